The molecule has 2 unspecified atom stereocenters. The molecule has 0 spiro atoms. The first-order chi connectivity index (χ1) is 20.9. The summed E-state index contributed by atoms with van der Waals surface area (Å²) >= 11 is 0. The summed E-state index contributed by atoms with van der Waals surface area (Å²) in [6, 6.07) is 34.0. The largest absolute Gasteiger partial charge is 0.456 e. The van der Waals surface area contributed by atoms with Gasteiger partial charge in [0.25, 0.3) is 0 Å². The molecule has 5 aromatic rings. The molecule has 210 valence electrons. The Labute approximate surface area is 253 Å². The number of para-hydroxylation sites is 2. The molecule has 2 aliphatic rings. The van der Waals surface area contributed by atoms with Crippen molar-refractivity contribution < 1.29 is 4.74 Å². The Morgan fingerprint density at radius 3 is 2.53 bits per heavy atom. The highest BCUT2D eigenvalue weighted by molar-refractivity contribution is 6.06. The molecule has 2 atom stereocenters. The van der Waals surface area contributed by atoms with Crippen molar-refractivity contribution in [1.82, 2.24) is 4.98 Å². The fourth-order valence-corrected chi connectivity index (χ4v) is 7.00. The van der Waals surface area contributed by atoms with E-state index in [9.17, 15) is 5.26 Å². The quantitative estimate of drug-likeness (QED) is 0.220. The molecule has 0 amide bonds. The van der Waals surface area contributed by atoms with Crippen molar-refractivity contribution >= 4 is 11.4 Å². The molecule has 0 N–H and O–H groups in total. The summed E-state index contributed by atoms with van der Waals surface area (Å²) in [5, 5.41) is 9.52. The summed E-state index contributed by atoms with van der Waals surface area (Å²) in [5.74, 6) is 2.06. The van der Waals surface area contributed by atoms with E-state index in [0.717, 1.165) is 57.1 Å². The molecule has 1 aromatic heterocycles. The highest BCUT2D eigenvalue weighted by atomic mass is 16.5. The summed E-state index contributed by atoms with van der Waals surface area (Å²) in [6.45, 7) is 8.80. The van der Waals surface area contributed by atoms with E-state index in [4.69, 9.17) is 9.73 Å². The van der Waals surface area contributed by atoms with Crippen LogP contribution in [0.1, 0.15) is 72.1 Å². The second-order valence-electron chi connectivity index (χ2n) is 12.1. The van der Waals surface area contributed by atoms with Crippen LogP contribution in [0.25, 0.3) is 11.1 Å². The van der Waals surface area contributed by atoms with Crippen LogP contribution in [0.3, 0.4) is 0 Å². The van der Waals surface area contributed by atoms with Gasteiger partial charge in [-0.25, -0.2) is 0 Å². The van der Waals surface area contributed by atoms with E-state index in [-0.39, 0.29) is 17.3 Å². The zero-order valence-corrected chi connectivity index (χ0v) is 24.9. The number of rotatable bonds is 4. The summed E-state index contributed by atoms with van der Waals surface area (Å²) in [7, 11) is 0. The molecule has 4 aromatic carbocycles. The number of fused-ring (bicyclic) bond motifs is 3. The minimum absolute atomic E-state index is 0.156. The Kier molecular flexibility index (Phi) is 6.47. The maximum absolute atomic E-state index is 9.52. The molecule has 0 fully saturated rings. The molecule has 0 saturated heterocycles. The molecular formula is C39H33N3O. The average molecular weight is 560 g/mol. The molecular weight excluding hydrogens is 526 g/mol. The van der Waals surface area contributed by atoms with Gasteiger partial charge < -0.3 is 4.74 Å². The maximum Gasteiger partial charge on any atom is 0.139 e. The van der Waals surface area contributed by atoms with Crippen LogP contribution >= 0.6 is 0 Å². The number of pyridine rings is 1. The van der Waals surface area contributed by atoms with Gasteiger partial charge in [-0.1, -0.05) is 81.4 Å². The Morgan fingerprint density at radius 1 is 0.884 bits per heavy atom. The van der Waals surface area contributed by atoms with E-state index >= 15 is 0 Å². The van der Waals surface area contributed by atoms with Gasteiger partial charge in [-0.3, -0.25) is 9.98 Å². The molecule has 43 heavy (non-hydrogen) atoms. The van der Waals surface area contributed by atoms with E-state index in [1.807, 2.05) is 30.6 Å². The van der Waals surface area contributed by atoms with Crippen LogP contribution < -0.4 is 4.74 Å². The second kappa shape index (κ2) is 10.4. The Bertz CT molecular complexity index is 1960. The van der Waals surface area contributed by atoms with E-state index in [0.29, 0.717) is 5.56 Å². The van der Waals surface area contributed by atoms with Gasteiger partial charge in [-0.15, -0.1) is 0 Å². The number of ether oxygens (including phenoxy) is 1. The van der Waals surface area contributed by atoms with Crippen molar-refractivity contribution in [3.8, 4) is 28.7 Å². The van der Waals surface area contributed by atoms with E-state index in [1.165, 1.54) is 16.7 Å². The normalized spacial score (nSPS) is 17.9. The highest BCUT2D eigenvalue weighted by Crippen LogP contribution is 2.52. The molecule has 4 heteroatoms. The van der Waals surface area contributed by atoms with E-state index < -0.39 is 0 Å². The number of aryl methyl sites for hydroxylation is 1. The molecule has 0 saturated carbocycles. The third-order valence-electron chi connectivity index (χ3n) is 9.24. The van der Waals surface area contributed by atoms with Gasteiger partial charge in [-0.2, -0.15) is 5.26 Å². The van der Waals surface area contributed by atoms with Gasteiger partial charge in [0.05, 0.1) is 23.0 Å². The van der Waals surface area contributed by atoms with Crippen LogP contribution in [0.4, 0.5) is 5.69 Å². The zero-order valence-electron chi connectivity index (χ0n) is 24.9. The number of aliphatic imine (C=N–C) groups is 1. The van der Waals surface area contributed by atoms with Gasteiger partial charge in [0, 0.05) is 51.9 Å². The standard InChI is InChI=1S/C39H33N3O/c1-5-28-36(31-12-6-7-15-34(31)42-37(28)29-18-19-41-23-24(29)2)27-11-8-10-26(21-27)30-13-9-14-32-38(30)43-35-17-16-25(22-40)20-33(35)39(32,3)4/h6-21,23,28,36H,5H2,1-4H3. The molecule has 2 aliphatic heterocycles. The zero-order chi connectivity index (χ0) is 29.7. The smallest absolute Gasteiger partial charge is 0.139 e. The molecule has 4 nitrogen and oxygen atoms in total. The average Bonchev–Trinajstić information content (AvgIpc) is 3.04. The summed E-state index contributed by atoms with van der Waals surface area (Å²) in [5.41, 5.74) is 11.7. The number of aromatic nitrogens is 1. The van der Waals surface area contributed by atoms with Crippen molar-refractivity contribution in [1.29, 1.82) is 5.26 Å². The van der Waals surface area contributed by atoms with Crippen molar-refractivity contribution in [2.24, 2.45) is 10.9 Å². The van der Waals surface area contributed by atoms with Crippen LogP contribution in [-0.4, -0.2) is 10.7 Å². The van der Waals surface area contributed by atoms with Crippen LogP contribution in [0, 0.1) is 24.2 Å². The maximum atomic E-state index is 9.52. The van der Waals surface area contributed by atoms with E-state index in [1.54, 1.807) is 0 Å². The predicted molar refractivity (Wildman–Crippen MR) is 172 cm³/mol. The van der Waals surface area contributed by atoms with Crippen molar-refractivity contribution in [2.45, 2.75) is 45.4 Å². The van der Waals surface area contributed by atoms with Crippen molar-refractivity contribution in [2.75, 3.05) is 0 Å². The Balaban J connectivity index is 1.36. The third-order valence-corrected chi connectivity index (χ3v) is 9.24. The fourth-order valence-electron chi connectivity index (χ4n) is 7.00. The monoisotopic (exact) mass is 559 g/mol. The molecule has 0 aliphatic carbocycles. The lowest BCUT2D eigenvalue weighted by Gasteiger charge is -2.36. The minimum Gasteiger partial charge on any atom is -0.456 e. The summed E-state index contributed by atoms with van der Waals surface area (Å²) in [6.07, 6.45) is 4.76. The van der Waals surface area contributed by atoms with E-state index in [2.05, 4.69) is 112 Å². The number of benzene rings is 4. The minimum atomic E-state index is -0.313. The predicted octanol–water partition coefficient (Wildman–Crippen LogP) is 9.65. The Hall–Kier alpha value is -5.01. The van der Waals surface area contributed by atoms with Crippen LogP contribution in [0.15, 0.2) is 108 Å². The first-order valence-corrected chi connectivity index (χ1v) is 15.0. The molecule has 0 radical (unpaired) electrons. The lowest BCUT2D eigenvalue weighted by Crippen LogP contribution is -2.27. The van der Waals surface area contributed by atoms with Crippen molar-refractivity contribution in [3.63, 3.8) is 0 Å². The molecule has 7 rings (SSSR count). The molecule has 3 heterocycles. The second-order valence-corrected chi connectivity index (χ2v) is 12.1. The number of hydrogen-bond acceptors (Lipinski definition) is 4. The number of nitriles is 1. The van der Waals surface area contributed by atoms with Gasteiger partial charge in [0.15, 0.2) is 0 Å². The van der Waals surface area contributed by atoms with Gasteiger partial charge >= 0.3 is 0 Å². The third kappa shape index (κ3) is 4.35. The highest BCUT2D eigenvalue weighted by Gasteiger charge is 2.37. The SMILES string of the molecule is CCC1C(c2ccncc2C)=Nc2ccccc2C1c1cccc(-c2cccc3c2Oc2ccc(C#N)cc2C3(C)C)c1. The first kappa shape index (κ1) is 26.9. The van der Waals surface area contributed by atoms with Gasteiger partial charge in [0.1, 0.15) is 11.5 Å². The lowest BCUT2D eigenvalue weighted by atomic mass is 9.72. The van der Waals surface area contributed by atoms with Crippen LogP contribution in [0.5, 0.6) is 11.5 Å². The topological polar surface area (TPSA) is 58.3 Å². The Morgan fingerprint density at radius 2 is 1.72 bits per heavy atom. The summed E-state index contributed by atoms with van der Waals surface area (Å²) in [4.78, 5) is 9.59. The molecule has 0 bridgehead atoms. The fraction of sp³-hybridized carbons (Fsp3) is 0.205. The van der Waals surface area contributed by atoms with Crippen LogP contribution in [-0.2, 0) is 5.41 Å². The number of hydrogen-bond donors (Lipinski definition) is 0. The van der Waals surface area contributed by atoms with Crippen molar-refractivity contribution in [3.05, 3.63) is 142 Å². The van der Waals surface area contributed by atoms with Gasteiger partial charge in [0.2, 0.25) is 0 Å². The van der Waals surface area contributed by atoms with Crippen LogP contribution in [0.2, 0.25) is 0 Å². The summed E-state index contributed by atoms with van der Waals surface area (Å²) < 4.78 is 6.64. The van der Waals surface area contributed by atoms with Gasteiger partial charge in [-0.05, 0) is 65.9 Å². The lowest BCUT2D eigenvalue weighted by molar-refractivity contribution is 0.419. The first-order valence-electron chi connectivity index (χ1n) is 15.0. The number of nitrogens with zero attached hydrogens (tertiary/aromatic N) is 3.